The molecule has 4 nitrogen and oxygen atoms in total. The molecule has 1 N–H and O–H groups in total. The standard InChI is InChI=1S/C21H23F3N2O2/c22-21(23,24)18-7-4-8-19(12-18)28-15-20(27)25-13-16-5-3-6-17(11-16)14-26-9-1-2-10-26/h3-8,11-12H,1-2,9-10,13-15H2,(H,25,27). The maximum absolute atomic E-state index is 12.7. The van der Waals surface area contributed by atoms with Gasteiger partial charge in [0, 0.05) is 13.1 Å². The predicted octanol–water partition coefficient (Wildman–Crippen LogP) is 4.00. The Morgan fingerprint density at radius 3 is 2.50 bits per heavy atom. The highest BCUT2D eigenvalue weighted by atomic mass is 19.4. The zero-order chi connectivity index (χ0) is 20.0. The molecule has 28 heavy (non-hydrogen) atoms. The maximum atomic E-state index is 12.7. The Morgan fingerprint density at radius 1 is 1.04 bits per heavy atom. The van der Waals surface area contributed by atoms with Gasteiger partial charge in [-0.3, -0.25) is 9.69 Å². The summed E-state index contributed by atoms with van der Waals surface area (Å²) in [5, 5.41) is 2.74. The van der Waals surface area contributed by atoms with Crippen molar-refractivity contribution in [3.8, 4) is 5.75 Å². The summed E-state index contributed by atoms with van der Waals surface area (Å²) in [6.45, 7) is 3.15. The predicted molar refractivity (Wildman–Crippen MR) is 99.7 cm³/mol. The van der Waals surface area contributed by atoms with Crippen LogP contribution in [0.3, 0.4) is 0 Å². The Labute approximate surface area is 162 Å². The molecule has 0 atom stereocenters. The van der Waals surface area contributed by atoms with Crippen molar-refractivity contribution in [2.75, 3.05) is 19.7 Å². The van der Waals surface area contributed by atoms with Gasteiger partial charge in [0.15, 0.2) is 6.61 Å². The number of alkyl halides is 3. The van der Waals surface area contributed by atoms with Crippen LogP contribution in [0.1, 0.15) is 29.5 Å². The van der Waals surface area contributed by atoms with E-state index in [0.29, 0.717) is 6.54 Å². The molecular formula is C21H23F3N2O2. The molecule has 7 heteroatoms. The van der Waals surface area contributed by atoms with Gasteiger partial charge in [-0.2, -0.15) is 13.2 Å². The molecule has 2 aromatic rings. The van der Waals surface area contributed by atoms with Gasteiger partial charge >= 0.3 is 6.18 Å². The van der Waals surface area contributed by atoms with E-state index >= 15 is 0 Å². The first-order chi connectivity index (χ1) is 13.4. The van der Waals surface area contributed by atoms with Crippen LogP contribution in [-0.2, 0) is 24.1 Å². The Hall–Kier alpha value is -2.54. The normalized spacial score (nSPS) is 14.8. The fraction of sp³-hybridized carbons (Fsp3) is 0.381. The highest BCUT2D eigenvalue weighted by Gasteiger charge is 2.30. The number of nitrogens with one attached hydrogen (secondary N) is 1. The lowest BCUT2D eigenvalue weighted by molar-refractivity contribution is -0.137. The second-order valence-electron chi connectivity index (χ2n) is 6.89. The lowest BCUT2D eigenvalue weighted by Crippen LogP contribution is -2.28. The van der Waals surface area contributed by atoms with Crippen LogP contribution >= 0.6 is 0 Å². The number of hydrogen-bond donors (Lipinski definition) is 1. The van der Waals surface area contributed by atoms with E-state index in [9.17, 15) is 18.0 Å². The van der Waals surface area contributed by atoms with Crippen LogP contribution in [0, 0.1) is 0 Å². The summed E-state index contributed by atoms with van der Waals surface area (Å²) in [6, 6.07) is 12.5. The van der Waals surface area contributed by atoms with Crippen molar-refractivity contribution in [2.24, 2.45) is 0 Å². The van der Waals surface area contributed by atoms with Crippen molar-refractivity contribution in [1.29, 1.82) is 0 Å². The average molecular weight is 392 g/mol. The van der Waals surface area contributed by atoms with E-state index in [4.69, 9.17) is 4.74 Å². The summed E-state index contributed by atoms with van der Waals surface area (Å²) in [7, 11) is 0. The second-order valence-corrected chi connectivity index (χ2v) is 6.89. The topological polar surface area (TPSA) is 41.6 Å². The molecule has 0 aliphatic carbocycles. The molecule has 1 fully saturated rings. The van der Waals surface area contributed by atoms with Crippen molar-refractivity contribution in [3.05, 3.63) is 65.2 Å². The molecule has 0 radical (unpaired) electrons. The number of ether oxygens (including phenoxy) is 1. The van der Waals surface area contributed by atoms with Gasteiger partial charge in [-0.1, -0.05) is 30.3 Å². The number of carbonyl (C=O) groups is 1. The molecule has 0 bridgehead atoms. The fourth-order valence-electron chi connectivity index (χ4n) is 3.20. The molecule has 150 valence electrons. The fourth-order valence-corrected chi connectivity index (χ4v) is 3.20. The number of hydrogen-bond acceptors (Lipinski definition) is 3. The number of rotatable bonds is 7. The van der Waals surface area contributed by atoms with E-state index in [1.54, 1.807) is 0 Å². The SMILES string of the molecule is O=C(COc1cccc(C(F)(F)F)c1)NCc1cccc(CN2CCCC2)c1. The Balaban J connectivity index is 1.47. The molecule has 1 aliphatic heterocycles. The highest BCUT2D eigenvalue weighted by molar-refractivity contribution is 5.77. The molecule has 2 aromatic carbocycles. The van der Waals surface area contributed by atoms with E-state index in [1.165, 1.54) is 30.5 Å². The van der Waals surface area contributed by atoms with Gasteiger partial charge in [0.25, 0.3) is 5.91 Å². The lowest BCUT2D eigenvalue weighted by atomic mass is 10.1. The number of nitrogens with zero attached hydrogens (tertiary/aromatic N) is 1. The minimum absolute atomic E-state index is 0.0117. The summed E-state index contributed by atoms with van der Waals surface area (Å²) >= 11 is 0. The van der Waals surface area contributed by atoms with Crippen LogP contribution in [0.4, 0.5) is 13.2 Å². The van der Waals surface area contributed by atoms with Gasteiger partial charge in [0.05, 0.1) is 5.56 Å². The van der Waals surface area contributed by atoms with Gasteiger partial charge in [0.1, 0.15) is 5.75 Å². The van der Waals surface area contributed by atoms with Gasteiger partial charge in [-0.05, 0) is 55.3 Å². The van der Waals surface area contributed by atoms with Gasteiger partial charge in [-0.15, -0.1) is 0 Å². The van der Waals surface area contributed by atoms with Crippen molar-refractivity contribution >= 4 is 5.91 Å². The summed E-state index contributed by atoms with van der Waals surface area (Å²) in [6.07, 6.45) is -1.97. The maximum Gasteiger partial charge on any atom is 0.416 e. The van der Waals surface area contributed by atoms with Crippen LogP contribution in [0.25, 0.3) is 0 Å². The molecule has 3 rings (SSSR count). The van der Waals surface area contributed by atoms with Crippen molar-refractivity contribution in [2.45, 2.75) is 32.1 Å². The first-order valence-corrected chi connectivity index (χ1v) is 9.27. The Morgan fingerprint density at radius 2 is 1.75 bits per heavy atom. The first-order valence-electron chi connectivity index (χ1n) is 9.27. The molecule has 1 amide bonds. The van der Waals surface area contributed by atoms with Gasteiger partial charge < -0.3 is 10.1 Å². The van der Waals surface area contributed by atoms with E-state index in [2.05, 4.69) is 22.3 Å². The van der Waals surface area contributed by atoms with Crippen molar-refractivity contribution in [3.63, 3.8) is 0 Å². The van der Waals surface area contributed by atoms with Crippen LogP contribution < -0.4 is 10.1 Å². The minimum Gasteiger partial charge on any atom is -0.484 e. The smallest absolute Gasteiger partial charge is 0.416 e. The largest absolute Gasteiger partial charge is 0.484 e. The van der Waals surface area contributed by atoms with Crippen LogP contribution in [0.5, 0.6) is 5.75 Å². The summed E-state index contributed by atoms with van der Waals surface area (Å²) in [4.78, 5) is 14.4. The zero-order valence-electron chi connectivity index (χ0n) is 15.5. The second kappa shape index (κ2) is 9.10. The van der Waals surface area contributed by atoms with E-state index in [1.807, 2.05) is 12.1 Å². The third-order valence-corrected chi connectivity index (χ3v) is 4.62. The van der Waals surface area contributed by atoms with Crippen LogP contribution in [0.2, 0.25) is 0 Å². The third-order valence-electron chi connectivity index (χ3n) is 4.62. The molecule has 1 saturated heterocycles. The highest BCUT2D eigenvalue weighted by Crippen LogP contribution is 2.31. The number of benzene rings is 2. The molecular weight excluding hydrogens is 369 g/mol. The van der Waals surface area contributed by atoms with Gasteiger partial charge in [-0.25, -0.2) is 0 Å². The quantitative estimate of drug-likeness (QED) is 0.775. The number of amides is 1. The monoisotopic (exact) mass is 392 g/mol. The summed E-state index contributed by atoms with van der Waals surface area (Å²) in [5.74, 6) is -0.375. The number of carbonyl (C=O) groups excluding carboxylic acids is 1. The van der Waals surface area contributed by atoms with Gasteiger partial charge in [0.2, 0.25) is 0 Å². The number of halogens is 3. The Bertz CT molecular complexity index is 802. The zero-order valence-corrected chi connectivity index (χ0v) is 15.5. The molecule has 0 spiro atoms. The lowest BCUT2D eigenvalue weighted by Gasteiger charge is -2.15. The molecule has 1 aliphatic rings. The van der Waals surface area contributed by atoms with Crippen molar-refractivity contribution in [1.82, 2.24) is 10.2 Å². The molecule has 0 unspecified atom stereocenters. The summed E-state index contributed by atoms with van der Waals surface area (Å²) in [5.41, 5.74) is 1.37. The Kier molecular flexibility index (Phi) is 6.57. The van der Waals surface area contributed by atoms with Crippen LogP contribution in [0.15, 0.2) is 48.5 Å². The minimum atomic E-state index is -4.44. The first kappa shape index (κ1) is 20.2. The van der Waals surface area contributed by atoms with Crippen molar-refractivity contribution < 1.29 is 22.7 Å². The van der Waals surface area contributed by atoms with E-state index in [0.717, 1.165) is 37.3 Å². The third kappa shape index (κ3) is 5.99. The molecule has 1 heterocycles. The van der Waals surface area contributed by atoms with E-state index < -0.39 is 11.7 Å². The van der Waals surface area contributed by atoms with E-state index in [-0.39, 0.29) is 18.3 Å². The molecule has 0 saturated carbocycles. The molecule has 0 aromatic heterocycles. The summed E-state index contributed by atoms with van der Waals surface area (Å²) < 4.78 is 43.3. The average Bonchev–Trinajstić information content (AvgIpc) is 3.17. The van der Waals surface area contributed by atoms with Crippen LogP contribution in [-0.4, -0.2) is 30.5 Å². The number of likely N-dealkylation sites (tertiary alicyclic amines) is 1.